The van der Waals surface area contributed by atoms with Crippen molar-refractivity contribution in [3.05, 3.63) is 0 Å². The van der Waals surface area contributed by atoms with E-state index in [1.165, 1.54) is 19.4 Å². The lowest BCUT2D eigenvalue weighted by Gasteiger charge is -2.31. The summed E-state index contributed by atoms with van der Waals surface area (Å²) >= 11 is 0. The van der Waals surface area contributed by atoms with Crippen LogP contribution < -0.4 is 5.32 Å². The van der Waals surface area contributed by atoms with Crippen LogP contribution in [0.5, 0.6) is 0 Å². The summed E-state index contributed by atoms with van der Waals surface area (Å²) < 4.78 is 0. The lowest BCUT2D eigenvalue weighted by molar-refractivity contribution is 0.197. The second kappa shape index (κ2) is 5.62. The molecule has 1 N–H and O–H groups in total. The summed E-state index contributed by atoms with van der Waals surface area (Å²) in [6, 6.07) is 2.99. The van der Waals surface area contributed by atoms with Crippen LogP contribution in [-0.4, -0.2) is 62.2 Å². The van der Waals surface area contributed by atoms with Gasteiger partial charge in [-0.3, -0.25) is 0 Å². The maximum absolute atomic E-state index is 9.10. The summed E-state index contributed by atoms with van der Waals surface area (Å²) in [5.74, 6) is 0. The number of hydrogen-bond acceptors (Lipinski definition) is 4. The summed E-state index contributed by atoms with van der Waals surface area (Å²) in [6.45, 7) is 4.97. The van der Waals surface area contributed by atoms with Crippen molar-refractivity contribution < 1.29 is 0 Å². The minimum Gasteiger partial charge on any atom is -0.302 e. The first kappa shape index (κ1) is 13.4. The highest BCUT2D eigenvalue weighted by molar-refractivity contribution is 5.04. The maximum atomic E-state index is 9.10. The predicted octanol–water partition coefficient (Wildman–Crippen LogP) is 0.514. The van der Waals surface area contributed by atoms with Crippen LogP contribution in [0.2, 0.25) is 0 Å². The van der Waals surface area contributed by atoms with Gasteiger partial charge in [0.15, 0.2) is 0 Å². The van der Waals surface area contributed by atoms with Gasteiger partial charge in [0.2, 0.25) is 0 Å². The van der Waals surface area contributed by atoms with Crippen molar-refractivity contribution in [2.75, 3.05) is 40.8 Å². The van der Waals surface area contributed by atoms with Crippen LogP contribution >= 0.6 is 0 Å². The Balaban J connectivity index is 2.41. The highest BCUT2D eigenvalue weighted by Crippen LogP contribution is 2.16. The van der Waals surface area contributed by atoms with E-state index in [1.807, 2.05) is 14.0 Å². The molecule has 2 unspecified atom stereocenters. The molecule has 1 fully saturated rings. The fourth-order valence-electron chi connectivity index (χ4n) is 2.34. The van der Waals surface area contributed by atoms with E-state index in [4.69, 9.17) is 5.26 Å². The van der Waals surface area contributed by atoms with Gasteiger partial charge < -0.3 is 15.1 Å². The fourth-order valence-corrected chi connectivity index (χ4v) is 2.34. The van der Waals surface area contributed by atoms with Crippen LogP contribution in [0.25, 0.3) is 0 Å². The highest BCUT2D eigenvalue weighted by atomic mass is 15.2. The minimum atomic E-state index is -0.439. The monoisotopic (exact) mass is 224 g/mol. The van der Waals surface area contributed by atoms with Crippen LogP contribution in [0.1, 0.15) is 19.8 Å². The molecule has 0 aliphatic carbocycles. The lowest BCUT2D eigenvalue weighted by atomic mass is 10.0. The Morgan fingerprint density at radius 2 is 2.31 bits per heavy atom. The SMILES string of the molecule is CNC(C)(C#N)CN(C)CC1CCCN1C. The number of nitriles is 1. The summed E-state index contributed by atoms with van der Waals surface area (Å²) in [6.07, 6.45) is 2.58. The van der Waals surface area contributed by atoms with Crippen LogP contribution in [0.15, 0.2) is 0 Å². The second-order valence-electron chi connectivity index (χ2n) is 5.17. The Hall–Kier alpha value is -0.630. The van der Waals surface area contributed by atoms with E-state index < -0.39 is 5.54 Å². The van der Waals surface area contributed by atoms with E-state index in [0.29, 0.717) is 6.04 Å². The van der Waals surface area contributed by atoms with E-state index in [2.05, 4.69) is 35.3 Å². The van der Waals surface area contributed by atoms with E-state index in [1.54, 1.807) is 0 Å². The number of likely N-dealkylation sites (tertiary alicyclic amines) is 1. The average Bonchev–Trinajstić information content (AvgIpc) is 2.64. The molecule has 0 aromatic heterocycles. The fraction of sp³-hybridized carbons (Fsp3) is 0.917. The number of nitrogens with zero attached hydrogens (tertiary/aromatic N) is 3. The Morgan fingerprint density at radius 3 is 2.75 bits per heavy atom. The van der Waals surface area contributed by atoms with Crippen LogP contribution in [0, 0.1) is 11.3 Å². The van der Waals surface area contributed by atoms with Crippen molar-refractivity contribution in [1.82, 2.24) is 15.1 Å². The molecule has 1 saturated heterocycles. The summed E-state index contributed by atoms with van der Waals surface area (Å²) in [5.41, 5.74) is -0.439. The molecule has 0 aromatic rings. The van der Waals surface area contributed by atoms with Crippen molar-refractivity contribution >= 4 is 0 Å². The molecule has 2 atom stereocenters. The van der Waals surface area contributed by atoms with Gasteiger partial charge in [-0.1, -0.05) is 0 Å². The standard InChI is InChI=1S/C12H24N4/c1-12(9-13,14-2)10-15(3)8-11-6-5-7-16(11)4/h11,14H,5-8,10H2,1-4H3. The zero-order chi connectivity index (χ0) is 12.2. The molecule has 0 radical (unpaired) electrons. The molecule has 0 amide bonds. The molecule has 92 valence electrons. The molecule has 1 aliphatic rings. The van der Waals surface area contributed by atoms with Gasteiger partial charge in [0.05, 0.1) is 6.07 Å². The van der Waals surface area contributed by atoms with Crippen molar-refractivity contribution in [2.45, 2.75) is 31.3 Å². The Morgan fingerprint density at radius 1 is 1.62 bits per heavy atom. The van der Waals surface area contributed by atoms with Gasteiger partial charge in [0.25, 0.3) is 0 Å². The van der Waals surface area contributed by atoms with Gasteiger partial charge in [0.1, 0.15) is 5.54 Å². The largest absolute Gasteiger partial charge is 0.302 e. The van der Waals surface area contributed by atoms with E-state index >= 15 is 0 Å². The molecular formula is C12H24N4. The zero-order valence-electron chi connectivity index (χ0n) is 11.0. The molecule has 16 heavy (non-hydrogen) atoms. The molecule has 1 rings (SSSR count). The number of rotatable bonds is 5. The predicted molar refractivity (Wildman–Crippen MR) is 66.2 cm³/mol. The maximum Gasteiger partial charge on any atom is 0.116 e. The van der Waals surface area contributed by atoms with Crippen molar-refractivity contribution in [1.29, 1.82) is 5.26 Å². The van der Waals surface area contributed by atoms with Crippen LogP contribution in [0.4, 0.5) is 0 Å². The Labute approximate surface area is 99.2 Å². The normalized spacial score (nSPS) is 25.6. The molecular weight excluding hydrogens is 200 g/mol. The summed E-state index contributed by atoms with van der Waals surface area (Å²) in [4.78, 5) is 4.67. The van der Waals surface area contributed by atoms with Crippen LogP contribution in [-0.2, 0) is 0 Å². The van der Waals surface area contributed by atoms with E-state index in [0.717, 1.165) is 13.1 Å². The first-order chi connectivity index (χ1) is 7.50. The highest BCUT2D eigenvalue weighted by Gasteiger charge is 2.27. The summed E-state index contributed by atoms with van der Waals surface area (Å²) in [5, 5.41) is 12.2. The van der Waals surface area contributed by atoms with Gasteiger partial charge in [-0.25, -0.2) is 0 Å². The molecule has 4 heteroatoms. The molecule has 1 heterocycles. The topological polar surface area (TPSA) is 42.3 Å². The number of nitrogens with one attached hydrogen (secondary N) is 1. The van der Waals surface area contributed by atoms with Crippen molar-refractivity contribution in [3.63, 3.8) is 0 Å². The Bertz CT molecular complexity index is 260. The first-order valence-electron chi connectivity index (χ1n) is 5.99. The van der Waals surface area contributed by atoms with Gasteiger partial charge >= 0.3 is 0 Å². The van der Waals surface area contributed by atoms with E-state index in [-0.39, 0.29) is 0 Å². The lowest BCUT2D eigenvalue weighted by Crippen LogP contribution is -2.50. The van der Waals surface area contributed by atoms with Gasteiger partial charge in [0, 0.05) is 19.1 Å². The molecule has 0 spiro atoms. The van der Waals surface area contributed by atoms with Gasteiger partial charge in [-0.2, -0.15) is 5.26 Å². The van der Waals surface area contributed by atoms with E-state index in [9.17, 15) is 0 Å². The first-order valence-corrected chi connectivity index (χ1v) is 5.99. The third kappa shape index (κ3) is 3.44. The smallest absolute Gasteiger partial charge is 0.116 e. The molecule has 1 aliphatic heterocycles. The average molecular weight is 224 g/mol. The van der Waals surface area contributed by atoms with Crippen molar-refractivity contribution in [2.24, 2.45) is 0 Å². The molecule has 0 bridgehead atoms. The molecule has 4 nitrogen and oxygen atoms in total. The third-order valence-corrected chi connectivity index (χ3v) is 3.58. The zero-order valence-corrected chi connectivity index (χ0v) is 11.0. The molecule has 0 saturated carbocycles. The number of hydrogen-bond donors (Lipinski definition) is 1. The molecule has 0 aromatic carbocycles. The number of likely N-dealkylation sites (N-methyl/N-ethyl adjacent to an activating group) is 3. The Kier molecular flexibility index (Phi) is 4.72. The summed E-state index contributed by atoms with van der Waals surface area (Å²) in [7, 11) is 6.13. The third-order valence-electron chi connectivity index (χ3n) is 3.58. The minimum absolute atomic E-state index is 0.439. The van der Waals surface area contributed by atoms with Crippen LogP contribution in [0.3, 0.4) is 0 Å². The van der Waals surface area contributed by atoms with Gasteiger partial charge in [-0.15, -0.1) is 0 Å². The quantitative estimate of drug-likeness (QED) is 0.739. The van der Waals surface area contributed by atoms with Crippen molar-refractivity contribution in [3.8, 4) is 6.07 Å². The van der Waals surface area contributed by atoms with Gasteiger partial charge in [-0.05, 0) is 47.5 Å². The second-order valence-corrected chi connectivity index (χ2v) is 5.17.